The van der Waals surface area contributed by atoms with Crippen LogP contribution in [0.2, 0.25) is 0 Å². The molecular weight excluding hydrogens is 543 g/mol. The van der Waals surface area contributed by atoms with Crippen molar-refractivity contribution in [1.82, 2.24) is 19.9 Å². The van der Waals surface area contributed by atoms with Gasteiger partial charge in [-0.05, 0) is 53.9 Å². The molecule has 0 spiro atoms. The van der Waals surface area contributed by atoms with Crippen LogP contribution in [-0.4, -0.2) is 20.5 Å². The summed E-state index contributed by atoms with van der Waals surface area (Å²) >= 11 is 0. The van der Waals surface area contributed by atoms with Gasteiger partial charge in [0.25, 0.3) is 5.91 Å². The maximum absolute atomic E-state index is 13.5. The summed E-state index contributed by atoms with van der Waals surface area (Å²) in [5, 5.41) is 9.78. The third kappa shape index (κ3) is 5.81. The zero-order valence-corrected chi connectivity index (χ0v) is 21.6. The molecule has 7 nitrogen and oxygen atoms in total. The number of benzene rings is 2. The van der Waals surface area contributed by atoms with Crippen LogP contribution in [0.15, 0.2) is 73.1 Å². The van der Waals surface area contributed by atoms with E-state index in [2.05, 4.69) is 20.7 Å². The number of aromatic nitrogens is 3. The minimum Gasteiger partial charge on any atom is -0.397 e. The number of fused-ring (bicyclic) bond motifs is 1. The maximum Gasteiger partial charge on any atom is 0.417 e. The van der Waals surface area contributed by atoms with Gasteiger partial charge in [0, 0.05) is 24.8 Å². The normalized spacial score (nSPS) is 11.6. The number of halogens is 5. The molecule has 0 radical (unpaired) electrons. The van der Waals surface area contributed by atoms with Crippen molar-refractivity contribution in [2.24, 2.45) is 0 Å². The molecule has 0 aliphatic heterocycles. The van der Waals surface area contributed by atoms with Gasteiger partial charge in [-0.2, -0.15) is 18.3 Å². The molecule has 0 aliphatic carbocycles. The van der Waals surface area contributed by atoms with Crippen LogP contribution in [0.5, 0.6) is 0 Å². The second-order valence-electron chi connectivity index (χ2n) is 9.36. The van der Waals surface area contributed by atoms with Crippen LogP contribution in [0.1, 0.15) is 32.6 Å². The smallest absolute Gasteiger partial charge is 0.397 e. The Hall–Kier alpha value is -5.00. The number of hydrogen-bond donors (Lipinski definition) is 3. The topological polar surface area (TPSA) is 97.3 Å². The van der Waals surface area contributed by atoms with Crippen LogP contribution in [0.4, 0.5) is 33.5 Å². The molecule has 0 atom stereocenters. The molecular formula is C29H23F5N6O. The van der Waals surface area contributed by atoms with Crippen molar-refractivity contribution in [3.05, 3.63) is 113 Å². The monoisotopic (exact) mass is 566 g/mol. The van der Waals surface area contributed by atoms with Gasteiger partial charge in [0.15, 0.2) is 11.6 Å². The van der Waals surface area contributed by atoms with Crippen LogP contribution in [0.3, 0.4) is 0 Å². The first-order valence-corrected chi connectivity index (χ1v) is 12.4. The molecule has 5 aromatic rings. The maximum atomic E-state index is 13.5. The molecule has 0 unspecified atom stereocenters. The van der Waals surface area contributed by atoms with E-state index >= 15 is 0 Å². The minimum atomic E-state index is -4.72. The lowest BCUT2D eigenvalue weighted by molar-refractivity contribution is -0.137. The quantitative estimate of drug-likeness (QED) is 0.206. The summed E-state index contributed by atoms with van der Waals surface area (Å²) in [5.41, 5.74) is 9.71. The van der Waals surface area contributed by atoms with E-state index in [1.807, 2.05) is 43.3 Å². The summed E-state index contributed by atoms with van der Waals surface area (Å²) < 4.78 is 68.5. The Kier molecular flexibility index (Phi) is 7.31. The van der Waals surface area contributed by atoms with Crippen molar-refractivity contribution < 1.29 is 26.7 Å². The number of nitrogens with two attached hydrogens (primary N) is 1. The first-order valence-electron chi connectivity index (χ1n) is 12.4. The molecule has 0 saturated carbocycles. The first kappa shape index (κ1) is 27.6. The predicted octanol–water partition coefficient (Wildman–Crippen LogP) is 6.13. The third-order valence-corrected chi connectivity index (χ3v) is 6.53. The van der Waals surface area contributed by atoms with E-state index in [1.165, 1.54) is 6.07 Å². The molecule has 3 heterocycles. The number of aryl methyl sites for hydroxylation is 1. The summed E-state index contributed by atoms with van der Waals surface area (Å²) in [7, 11) is 0. The molecule has 1 amide bonds. The standard InChI is InChI=1S/C29H23F5N6O/c1-16-12-39-40-24(8-9-25(40)26(16)35)19-5-2-17(3-6-19)13-36-27-21(11-20(15-37-27)29(32,33)34)28(41)38-14-18-4-7-22(30)23(31)10-18/h2-12,15H,13-14,35H2,1H3,(H,36,37)(H,38,41). The highest BCUT2D eigenvalue weighted by Gasteiger charge is 2.32. The fourth-order valence-electron chi connectivity index (χ4n) is 4.23. The van der Waals surface area contributed by atoms with Crippen LogP contribution < -0.4 is 16.4 Å². The van der Waals surface area contributed by atoms with E-state index in [-0.39, 0.29) is 30.0 Å². The van der Waals surface area contributed by atoms with Crippen molar-refractivity contribution in [3.63, 3.8) is 0 Å². The van der Waals surface area contributed by atoms with Crippen molar-refractivity contribution in [2.45, 2.75) is 26.2 Å². The van der Waals surface area contributed by atoms with Gasteiger partial charge in [-0.1, -0.05) is 30.3 Å². The second kappa shape index (κ2) is 10.9. The van der Waals surface area contributed by atoms with Gasteiger partial charge in [-0.15, -0.1) is 0 Å². The van der Waals surface area contributed by atoms with E-state index in [1.54, 1.807) is 10.7 Å². The van der Waals surface area contributed by atoms with Gasteiger partial charge in [0.1, 0.15) is 5.82 Å². The van der Waals surface area contributed by atoms with Crippen LogP contribution in [0.25, 0.3) is 16.8 Å². The zero-order chi connectivity index (χ0) is 29.3. The number of nitrogens with zero attached hydrogens (tertiary/aromatic N) is 3. The summed E-state index contributed by atoms with van der Waals surface area (Å²) in [6.45, 7) is 1.80. The average molecular weight is 567 g/mol. The van der Waals surface area contributed by atoms with Crippen molar-refractivity contribution in [1.29, 1.82) is 0 Å². The summed E-state index contributed by atoms with van der Waals surface area (Å²) in [6.07, 6.45) is -2.40. The summed E-state index contributed by atoms with van der Waals surface area (Å²) in [5.74, 6) is -3.10. The second-order valence-corrected chi connectivity index (χ2v) is 9.36. The van der Waals surface area contributed by atoms with Gasteiger partial charge < -0.3 is 16.4 Å². The van der Waals surface area contributed by atoms with Crippen LogP contribution in [-0.2, 0) is 19.3 Å². The molecule has 5 rings (SSSR count). The molecule has 0 fully saturated rings. The largest absolute Gasteiger partial charge is 0.417 e. The fraction of sp³-hybridized carbons (Fsp3) is 0.138. The average Bonchev–Trinajstić information content (AvgIpc) is 3.39. The minimum absolute atomic E-state index is 0.0718. The molecule has 41 heavy (non-hydrogen) atoms. The van der Waals surface area contributed by atoms with Crippen molar-refractivity contribution in [2.75, 3.05) is 11.1 Å². The fourth-order valence-corrected chi connectivity index (χ4v) is 4.23. The molecule has 0 bridgehead atoms. The molecule has 12 heteroatoms. The first-order chi connectivity index (χ1) is 19.5. The molecule has 2 aromatic carbocycles. The van der Waals surface area contributed by atoms with Gasteiger partial charge in [0.05, 0.1) is 34.2 Å². The number of pyridine rings is 1. The van der Waals surface area contributed by atoms with Crippen molar-refractivity contribution >= 4 is 22.9 Å². The molecule has 4 N–H and O–H groups in total. The summed E-state index contributed by atoms with van der Waals surface area (Å²) in [4.78, 5) is 16.7. The van der Waals surface area contributed by atoms with E-state index in [0.717, 1.165) is 40.0 Å². The number of hydrogen-bond acceptors (Lipinski definition) is 5. The molecule has 0 aliphatic rings. The van der Waals surface area contributed by atoms with Crippen LogP contribution >= 0.6 is 0 Å². The third-order valence-electron chi connectivity index (χ3n) is 6.53. The SMILES string of the molecule is Cc1cnn2c(-c3ccc(CNc4ncc(C(F)(F)F)cc4C(=O)NCc4ccc(F)c(F)c4)cc3)ccc2c1N. The van der Waals surface area contributed by atoms with Gasteiger partial charge in [0.2, 0.25) is 0 Å². The lowest BCUT2D eigenvalue weighted by atomic mass is 10.1. The predicted molar refractivity (Wildman–Crippen MR) is 144 cm³/mol. The molecule has 210 valence electrons. The number of nitrogens with one attached hydrogen (secondary N) is 2. The van der Waals surface area contributed by atoms with E-state index in [9.17, 15) is 26.7 Å². The van der Waals surface area contributed by atoms with Crippen LogP contribution in [0, 0.1) is 18.6 Å². The number of carbonyl (C=O) groups excluding carboxylic acids is 1. The van der Waals surface area contributed by atoms with E-state index in [4.69, 9.17) is 5.73 Å². The summed E-state index contributed by atoms with van der Waals surface area (Å²) in [6, 6.07) is 14.9. The van der Waals surface area contributed by atoms with E-state index < -0.39 is 29.3 Å². The molecule has 0 saturated heterocycles. The van der Waals surface area contributed by atoms with Gasteiger partial charge in [-0.3, -0.25) is 4.79 Å². The van der Waals surface area contributed by atoms with E-state index in [0.29, 0.717) is 18.0 Å². The number of anilines is 2. The van der Waals surface area contributed by atoms with Gasteiger partial charge >= 0.3 is 6.18 Å². The van der Waals surface area contributed by atoms with Gasteiger partial charge in [-0.25, -0.2) is 18.3 Å². The Morgan fingerprint density at radius 3 is 2.37 bits per heavy atom. The number of nitrogen functional groups attached to an aromatic ring is 1. The Labute approximate surface area is 230 Å². The number of alkyl halides is 3. The lowest BCUT2D eigenvalue weighted by Gasteiger charge is -2.15. The highest BCUT2D eigenvalue weighted by molar-refractivity contribution is 5.99. The zero-order valence-electron chi connectivity index (χ0n) is 21.6. The highest BCUT2D eigenvalue weighted by Crippen LogP contribution is 2.31. The number of carbonyl (C=O) groups is 1. The Morgan fingerprint density at radius 1 is 0.927 bits per heavy atom. The Bertz CT molecular complexity index is 1750. The lowest BCUT2D eigenvalue weighted by Crippen LogP contribution is -2.25. The number of rotatable bonds is 7. The Morgan fingerprint density at radius 2 is 1.66 bits per heavy atom. The highest BCUT2D eigenvalue weighted by atomic mass is 19.4. The molecule has 3 aromatic heterocycles. The number of amides is 1. The Balaban J connectivity index is 1.33. The van der Waals surface area contributed by atoms with Crippen molar-refractivity contribution in [3.8, 4) is 11.3 Å².